The van der Waals surface area contributed by atoms with Gasteiger partial charge in [0.15, 0.2) is 11.3 Å². The lowest BCUT2D eigenvalue weighted by atomic mass is 10.3. The maximum absolute atomic E-state index is 13.9. The average molecular weight is 320 g/mol. The fourth-order valence-electron chi connectivity index (χ4n) is 1.98. The monoisotopic (exact) mass is 319 g/mol. The van der Waals surface area contributed by atoms with Gasteiger partial charge in [-0.1, -0.05) is 17.7 Å². The number of fused-ring (bicyclic) bond motifs is 1. The molecule has 2 aromatic heterocycles. The Morgan fingerprint density at radius 3 is 2.62 bits per heavy atom. The zero-order chi connectivity index (χ0) is 15.4. The van der Waals surface area contributed by atoms with Crippen LogP contribution in [0.15, 0.2) is 18.2 Å². The smallest absolute Gasteiger partial charge is 0.383 e. The lowest BCUT2D eigenvalue weighted by Crippen LogP contribution is -2.09. The molecule has 0 fully saturated rings. The molecule has 0 radical (unpaired) electrons. The van der Waals surface area contributed by atoms with Gasteiger partial charge in [0.2, 0.25) is 0 Å². The van der Waals surface area contributed by atoms with Gasteiger partial charge in [-0.25, -0.2) is 9.07 Å². The molecule has 3 rings (SSSR count). The molecule has 0 bridgehead atoms. The SMILES string of the molecule is Nc1[nH]nc2c1c(C(F)(F)F)nn2-c1c(F)cccc1Cl. The number of nitrogens with one attached hydrogen (secondary N) is 1. The highest BCUT2D eigenvalue weighted by molar-refractivity contribution is 6.32. The summed E-state index contributed by atoms with van der Waals surface area (Å²) in [5.74, 6) is -1.14. The highest BCUT2D eigenvalue weighted by Crippen LogP contribution is 2.37. The maximum atomic E-state index is 13.9. The van der Waals surface area contributed by atoms with E-state index in [-0.39, 0.29) is 22.2 Å². The van der Waals surface area contributed by atoms with Crippen LogP contribution in [0.3, 0.4) is 0 Å². The molecule has 0 atom stereocenters. The molecular formula is C11H6ClF4N5. The van der Waals surface area contributed by atoms with E-state index in [2.05, 4.69) is 15.3 Å². The van der Waals surface area contributed by atoms with Crippen LogP contribution in [0.1, 0.15) is 5.69 Å². The lowest BCUT2D eigenvalue weighted by molar-refractivity contribution is -0.140. The van der Waals surface area contributed by atoms with Crippen LogP contribution in [0.4, 0.5) is 23.4 Å². The van der Waals surface area contributed by atoms with Gasteiger partial charge >= 0.3 is 6.18 Å². The molecule has 2 heterocycles. The molecule has 1 aromatic carbocycles. The Morgan fingerprint density at radius 2 is 2.00 bits per heavy atom. The largest absolute Gasteiger partial charge is 0.436 e. The summed E-state index contributed by atoms with van der Waals surface area (Å²) in [6.07, 6.45) is -4.76. The van der Waals surface area contributed by atoms with Crippen LogP contribution >= 0.6 is 11.6 Å². The summed E-state index contributed by atoms with van der Waals surface area (Å²) in [5, 5.41) is 8.70. The van der Waals surface area contributed by atoms with Crippen LogP contribution in [0, 0.1) is 5.82 Å². The van der Waals surface area contributed by atoms with E-state index in [0.29, 0.717) is 4.68 Å². The second-order valence-corrected chi connectivity index (χ2v) is 4.57. The fourth-order valence-corrected chi connectivity index (χ4v) is 2.22. The first-order valence-electron chi connectivity index (χ1n) is 5.55. The number of para-hydroxylation sites is 1. The third-order valence-corrected chi connectivity index (χ3v) is 3.14. The predicted molar refractivity (Wildman–Crippen MR) is 67.6 cm³/mol. The first-order valence-corrected chi connectivity index (χ1v) is 5.92. The van der Waals surface area contributed by atoms with Crippen molar-refractivity contribution in [2.75, 3.05) is 5.73 Å². The Labute approximate surface area is 119 Å². The van der Waals surface area contributed by atoms with E-state index < -0.39 is 23.1 Å². The second kappa shape index (κ2) is 4.35. The van der Waals surface area contributed by atoms with E-state index in [9.17, 15) is 17.6 Å². The highest BCUT2D eigenvalue weighted by Gasteiger charge is 2.39. The van der Waals surface area contributed by atoms with Gasteiger partial charge in [0.05, 0.1) is 10.4 Å². The molecule has 10 heteroatoms. The number of hydrogen-bond acceptors (Lipinski definition) is 3. The standard InChI is InChI=1S/C11H6ClF4N5/c12-4-2-1-3-5(13)7(4)21-10-6(9(17)18-19-10)8(20-21)11(14,15)16/h1-3H,(H3,17,18,19). The third kappa shape index (κ3) is 2.00. The Morgan fingerprint density at radius 1 is 1.29 bits per heavy atom. The molecule has 0 saturated heterocycles. The summed E-state index contributed by atoms with van der Waals surface area (Å²) in [5.41, 5.74) is 3.60. The van der Waals surface area contributed by atoms with Crippen LogP contribution in [-0.4, -0.2) is 20.0 Å². The number of anilines is 1. The van der Waals surface area contributed by atoms with E-state index in [1.807, 2.05) is 0 Å². The van der Waals surface area contributed by atoms with Crippen LogP contribution in [0.2, 0.25) is 5.02 Å². The van der Waals surface area contributed by atoms with Crippen molar-refractivity contribution in [3.63, 3.8) is 0 Å². The van der Waals surface area contributed by atoms with E-state index in [0.717, 1.165) is 6.07 Å². The molecule has 21 heavy (non-hydrogen) atoms. The Kier molecular flexibility index (Phi) is 2.84. The first kappa shape index (κ1) is 13.7. The van der Waals surface area contributed by atoms with Crippen molar-refractivity contribution >= 4 is 28.5 Å². The topological polar surface area (TPSA) is 72.5 Å². The van der Waals surface area contributed by atoms with Gasteiger partial charge in [-0.2, -0.15) is 23.4 Å². The van der Waals surface area contributed by atoms with Gasteiger partial charge in [0, 0.05) is 0 Å². The Bertz CT molecular complexity index is 815. The van der Waals surface area contributed by atoms with Gasteiger partial charge in [-0.05, 0) is 12.1 Å². The normalized spacial score (nSPS) is 12.2. The summed E-state index contributed by atoms with van der Waals surface area (Å²) >= 11 is 5.84. The van der Waals surface area contributed by atoms with Crippen LogP contribution in [-0.2, 0) is 6.18 Å². The third-order valence-electron chi connectivity index (χ3n) is 2.83. The molecule has 110 valence electrons. The van der Waals surface area contributed by atoms with E-state index in [1.165, 1.54) is 12.1 Å². The minimum absolute atomic E-state index is 0.102. The summed E-state index contributed by atoms with van der Waals surface area (Å²) in [4.78, 5) is 0. The van der Waals surface area contributed by atoms with Crippen molar-refractivity contribution in [1.82, 2.24) is 20.0 Å². The molecule has 5 nitrogen and oxygen atoms in total. The van der Waals surface area contributed by atoms with Gasteiger partial charge < -0.3 is 5.73 Å². The number of nitrogen functional groups attached to an aromatic ring is 1. The van der Waals surface area contributed by atoms with E-state index in [1.54, 1.807) is 0 Å². The van der Waals surface area contributed by atoms with Crippen molar-refractivity contribution in [2.45, 2.75) is 6.18 Å². The Balaban J connectivity index is 2.40. The van der Waals surface area contributed by atoms with Gasteiger partial charge in [0.25, 0.3) is 0 Å². The summed E-state index contributed by atoms with van der Waals surface area (Å²) in [7, 11) is 0. The second-order valence-electron chi connectivity index (χ2n) is 4.16. The highest BCUT2D eigenvalue weighted by atomic mass is 35.5. The number of rotatable bonds is 1. The van der Waals surface area contributed by atoms with Crippen molar-refractivity contribution in [3.05, 3.63) is 34.7 Å². The number of H-pyrrole nitrogens is 1. The number of halogens is 5. The first-order chi connectivity index (χ1) is 9.80. The van der Waals surface area contributed by atoms with Crippen LogP contribution in [0.25, 0.3) is 16.7 Å². The fraction of sp³-hybridized carbons (Fsp3) is 0.0909. The maximum Gasteiger partial charge on any atom is 0.436 e. The average Bonchev–Trinajstić information content (AvgIpc) is 2.91. The van der Waals surface area contributed by atoms with Crippen molar-refractivity contribution < 1.29 is 17.6 Å². The van der Waals surface area contributed by atoms with E-state index in [4.69, 9.17) is 17.3 Å². The number of alkyl halides is 3. The molecular weight excluding hydrogens is 314 g/mol. The molecule has 3 N–H and O–H groups in total. The lowest BCUT2D eigenvalue weighted by Gasteiger charge is -2.06. The Hall–Kier alpha value is -2.29. The minimum atomic E-state index is -4.76. The van der Waals surface area contributed by atoms with Crippen LogP contribution in [0.5, 0.6) is 0 Å². The molecule has 0 amide bonds. The number of hydrogen-bond donors (Lipinski definition) is 2. The zero-order valence-electron chi connectivity index (χ0n) is 10.0. The molecule has 0 aliphatic heterocycles. The predicted octanol–water partition coefficient (Wildman–Crippen LogP) is 3.14. The molecule has 0 spiro atoms. The van der Waals surface area contributed by atoms with Gasteiger partial charge in [-0.15, -0.1) is 0 Å². The number of aromatic amines is 1. The molecule has 0 aliphatic carbocycles. The number of nitrogens with two attached hydrogens (primary N) is 1. The minimum Gasteiger partial charge on any atom is -0.383 e. The summed E-state index contributed by atoms with van der Waals surface area (Å²) in [6.45, 7) is 0. The van der Waals surface area contributed by atoms with Crippen molar-refractivity contribution in [1.29, 1.82) is 0 Å². The molecule has 3 aromatic rings. The summed E-state index contributed by atoms with van der Waals surface area (Å²) < 4.78 is 53.6. The van der Waals surface area contributed by atoms with Crippen molar-refractivity contribution in [2.24, 2.45) is 0 Å². The van der Waals surface area contributed by atoms with Crippen LogP contribution < -0.4 is 5.73 Å². The molecule has 0 aliphatic rings. The van der Waals surface area contributed by atoms with Crippen molar-refractivity contribution in [3.8, 4) is 5.69 Å². The van der Waals surface area contributed by atoms with Gasteiger partial charge in [0.1, 0.15) is 17.3 Å². The number of benzene rings is 1. The summed E-state index contributed by atoms with van der Waals surface area (Å²) in [6, 6.07) is 3.71. The number of nitrogens with zero attached hydrogens (tertiary/aromatic N) is 3. The quantitative estimate of drug-likeness (QED) is 0.677. The molecule has 0 saturated carbocycles. The zero-order valence-corrected chi connectivity index (χ0v) is 10.8. The van der Waals surface area contributed by atoms with Gasteiger partial charge in [-0.3, -0.25) is 5.10 Å². The van der Waals surface area contributed by atoms with E-state index >= 15 is 0 Å². The molecule has 0 unspecified atom stereocenters. The number of aromatic nitrogens is 4.